The van der Waals surface area contributed by atoms with Gasteiger partial charge >= 0.3 is 0 Å². The van der Waals surface area contributed by atoms with Crippen LogP contribution in [-0.2, 0) is 13.2 Å². The largest absolute Gasteiger partial charge is 0.489 e. The topological polar surface area (TPSA) is 53.1 Å². The lowest BCUT2D eigenvalue weighted by Gasteiger charge is -2.08. The molecule has 1 aromatic heterocycles. The van der Waals surface area contributed by atoms with Crippen LogP contribution in [0.2, 0.25) is 0 Å². The van der Waals surface area contributed by atoms with Crippen LogP contribution in [-0.4, -0.2) is 9.78 Å². The molecule has 2 rings (SSSR count). The van der Waals surface area contributed by atoms with Gasteiger partial charge in [0.15, 0.2) is 0 Å². The van der Waals surface area contributed by atoms with Gasteiger partial charge in [0.2, 0.25) is 0 Å². The molecule has 0 fully saturated rings. The Morgan fingerprint density at radius 1 is 1.33 bits per heavy atom. The highest BCUT2D eigenvalue weighted by molar-refractivity contribution is 5.28. The molecular weight excluding hydrogens is 226 g/mol. The second-order valence-electron chi connectivity index (χ2n) is 4.35. The maximum absolute atomic E-state index is 5.80. The molecule has 0 spiro atoms. The van der Waals surface area contributed by atoms with Crippen molar-refractivity contribution in [2.75, 3.05) is 0 Å². The average Bonchev–Trinajstić information content (AvgIpc) is 2.85. The molecule has 0 saturated heterocycles. The smallest absolute Gasteiger partial charge is 0.119 e. The quantitative estimate of drug-likeness (QED) is 0.880. The van der Waals surface area contributed by atoms with Crippen LogP contribution < -0.4 is 10.5 Å². The van der Waals surface area contributed by atoms with E-state index in [4.69, 9.17) is 10.5 Å². The molecule has 0 bridgehead atoms. The third-order valence-electron chi connectivity index (χ3n) is 2.82. The van der Waals surface area contributed by atoms with E-state index in [2.05, 4.69) is 12.0 Å². The highest BCUT2D eigenvalue weighted by Gasteiger charge is 2.01. The van der Waals surface area contributed by atoms with Crippen LogP contribution in [0.1, 0.15) is 31.0 Å². The van der Waals surface area contributed by atoms with Gasteiger partial charge in [0, 0.05) is 24.3 Å². The van der Waals surface area contributed by atoms with Gasteiger partial charge in [-0.05, 0) is 31.5 Å². The lowest BCUT2D eigenvalue weighted by Crippen LogP contribution is -2.04. The third kappa shape index (κ3) is 3.11. The summed E-state index contributed by atoms with van der Waals surface area (Å²) in [4.78, 5) is 0. The molecule has 0 saturated carbocycles. The average molecular weight is 245 g/mol. The summed E-state index contributed by atoms with van der Waals surface area (Å²) in [6.45, 7) is 5.44. The number of rotatable bonds is 5. The SMILES string of the molecule is CCn1cc(COc2ccc([C@@H](C)N)cc2)cn1. The van der Waals surface area contributed by atoms with Gasteiger partial charge < -0.3 is 10.5 Å². The maximum Gasteiger partial charge on any atom is 0.119 e. The fraction of sp³-hybridized carbons (Fsp3) is 0.357. The highest BCUT2D eigenvalue weighted by atomic mass is 16.5. The van der Waals surface area contributed by atoms with E-state index in [0.29, 0.717) is 6.61 Å². The number of aryl methyl sites for hydroxylation is 1. The number of nitrogens with two attached hydrogens (primary N) is 1. The van der Waals surface area contributed by atoms with Gasteiger partial charge in [-0.2, -0.15) is 5.10 Å². The molecule has 2 N–H and O–H groups in total. The second-order valence-corrected chi connectivity index (χ2v) is 4.35. The standard InChI is InChI=1S/C14H19N3O/c1-3-17-9-12(8-16-17)10-18-14-6-4-13(5-7-14)11(2)15/h4-9,11H,3,10,15H2,1-2H3/t11-/m1/s1. The van der Waals surface area contributed by atoms with E-state index in [9.17, 15) is 0 Å². The first-order valence-electron chi connectivity index (χ1n) is 6.18. The summed E-state index contributed by atoms with van der Waals surface area (Å²) in [5, 5.41) is 4.20. The number of hydrogen-bond acceptors (Lipinski definition) is 3. The summed E-state index contributed by atoms with van der Waals surface area (Å²) in [5.41, 5.74) is 7.98. The van der Waals surface area contributed by atoms with Crippen molar-refractivity contribution >= 4 is 0 Å². The zero-order valence-corrected chi connectivity index (χ0v) is 10.8. The number of ether oxygens (including phenoxy) is 1. The summed E-state index contributed by atoms with van der Waals surface area (Å²) in [5.74, 6) is 0.851. The van der Waals surface area contributed by atoms with Gasteiger partial charge in [-0.1, -0.05) is 12.1 Å². The van der Waals surface area contributed by atoms with Gasteiger partial charge in [0.05, 0.1) is 6.20 Å². The number of hydrogen-bond donors (Lipinski definition) is 1. The predicted molar refractivity (Wildman–Crippen MR) is 71.3 cm³/mol. The molecule has 1 heterocycles. The minimum Gasteiger partial charge on any atom is -0.489 e. The van der Waals surface area contributed by atoms with Crippen molar-refractivity contribution in [3.63, 3.8) is 0 Å². The van der Waals surface area contributed by atoms with Crippen LogP contribution in [0.5, 0.6) is 5.75 Å². The minimum absolute atomic E-state index is 0.0573. The van der Waals surface area contributed by atoms with E-state index >= 15 is 0 Å². The van der Waals surface area contributed by atoms with Crippen LogP contribution in [0.3, 0.4) is 0 Å². The Kier molecular flexibility index (Phi) is 3.99. The van der Waals surface area contributed by atoms with Crippen LogP contribution in [0.25, 0.3) is 0 Å². The van der Waals surface area contributed by atoms with Crippen molar-refractivity contribution in [2.45, 2.75) is 33.0 Å². The number of nitrogens with zero attached hydrogens (tertiary/aromatic N) is 2. The van der Waals surface area contributed by atoms with Gasteiger partial charge in [0.25, 0.3) is 0 Å². The molecule has 1 aromatic carbocycles. The van der Waals surface area contributed by atoms with Crippen LogP contribution in [0.4, 0.5) is 0 Å². The first-order chi connectivity index (χ1) is 8.69. The Hall–Kier alpha value is -1.81. The number of benzene rings is 1. The summed E-state index contributed by atoms with van der Waals surface area (Å²) >= 11 is 0. The molecule has 96 valence electrons. The van der Waals surface area contributed by atoms with Crippen molar-refractivity contribution in [1.82, 2.24) is 9.78 Å². The summed E-state index contributed by atoms with van der Waals surface area (Å²) in [7, 11) is 0. The molecule has 4 nitrogen and oxygen atoms in total. The number of aromatic nitrogens is 2. The van der Waals surface area contributed by atoms with E-state index in [1.165, 1.54) is 0 Å². The molecule has 0 amide bonds. The van der Waals surface area contributed by atoms with Gasteiger partial charge in [0.1, 0.15) is 12.4 Å². The fourth-order valence-corrected chi connectivity index (χ4v) is 1.69. The lowest BCUT2D eigenvalue weighted by molar-refractivity contribution is 0.306. The normalized spacial score (nSPS) is 12.4. The molecule has 0 aliphatic carbocycles. The Labute approximate surface area is 107 Å². The Morgan fingerprint density at radius 3 is 2.61 bits per heavy atom. The van der Waals surface area contributed by atoms with Crippen LogP contribution in [0.15, 0.2) is 36.7 Å². The van der Waals surface area contributed by atoms with Gasteiger partial charge in [-0.15, -0.1) is 0 Å². The monoisotopic (exact) mass is 245 g/mol. The summed E-state index contributed by atoms with van der Waals surface area (Å²) in [6, 6.07) is 7.94. The molecule has 0 unspecified atom stereocenters. The molecule has 18 heavy (non-hydrogen) atoms. The lowest BCUT2D eigenvalue weighted by atomic mass is 10.1. The Bertz CT molecular complexity index is 488. The molecule has 0 aliphatic heterocycles. The Morgan fingerprint density at radius 2 is 2.06 bits per heavy atom. The van der Waals surface area contributed by atoms with E-state index in [0.717, 1.165) is 23.4 Å². The second kappa shape index (κ2) is 5.69. The highest BCUT2D eigenvalue weighted by Crippen LogP contribution is 2.17. The molecule has 1 atom stereocenters. The predicted octanol–water partition coefficient (Wildman–Crippen LogP) is 2.50. The van der Waals surface area contributed by atoms with E-state index in [1.807, 2.05) is 48.3 Å². The zero-order chi connectivity index (χ0) is 13.0. The van der Waals surface area contributed by atoms with E-state index in [-0.39, 0.29) is 6.04 Å². The third-order valence-corrected chi connectivity index (χ3v) is 2.82. The fourth-order valence-electron chi connectivity index (χ4n) is 1.69. The molecule has 0 aliphatic rings. The molecule has 4 heteroatoms. The molecule has 2 aromatic rings. The van der Waals surface area contributed by atoms with Gasteiger partial charge in [-0.3, -0.25) is 4.68 Å². The maximum atomic E-state index is 5.80. The molecule has 0 radical (unpaired) electrons. The first-order valence-corrected chi connectivity index (χ1v) is 6.18. The zero-order valence-electron chi connectivity index (χ0n) is 10.8. The Balaban J connectivity index is 1.93. The van der Waals surface area contributed by atoms with Crippen molar-refractivity contribution < 1.29 is 4.74 Å². The van der Waals surface area contributed by atoms with E-state index in [1.54, 1.807) is 0 Å². The van der Waals surface area contributed by atoms with Crippen LogP contribution >= 0.6 is 0 Å². The van der Waals surface area contributed by atoms with Crippen molar-refractivity contribution in [1.29, 1.82) is 0 Å². The van der Waals surface area contributed by atoms with Crippen molar-refractivity contribution in [3.05, 3.63) is 47.8 Å². The first kappa shape index (κ1) is 12.6. The van der Waals surface area contributed by atoms with Crippen molar-refractivity contribution in [3.8, 4) is 5.75 Å². The van der Waals surface area contributed by atoms with Gasteiger partial charge in [-0.25, -0.2) is 0 Å². The van der Waals surface area contributed by atoms with E-state index < -0.39 is 0 Å². The summed E-state index contributed by atoms with van der Waals surface area (Å²) in [6.07, 6.45) is 3.83. The van der Waals surface area contributed by atoms with Crippen molar-refractivity contribution in [2.24, 2.45) is 5.73 Å². The molecular formula is C14H19N3O. The minimum atomic E-state index is 0.0573. The van der Waals surface area contributed by atoms with Crippen LogP contribution in [0, 0.1) is 0 Å². The summed E-state index contributed by atoms with van der Waals surface area (Å²) < 4.78 is 7.58.